The van der Waals surface area contributed by atoms with E-state index in [9.17, 15) is 9.46 Å². The van der Waals surface area contributed by atoms with E-state index in [1.54, 1.807) is 0 Å². The van der Waals surface area contributed by atoms with Gasteiger partial charge in [0.15, 0.2) is 0 Å². The molecule has 0 saturated heterocycles. The quantitative estimate of drug-likeness (QED) is 0.101. The van der Waals surface area contributed by atoms with Gasteiger partial charge in [-0.25, -0.2) is 4.57 Å². The molecule has 172 valence electrons. The van der Waals surface area contributed by atoms with Gasteiger partial charge in [-0.1, -0.05) is 69.8 Å². The Hall–Kier alpha value is -0.450. The molecule has 1 unspecified atom stereocenters. The van der Waals surface area contributed by atoms with Crippen LogP contribution in [0.15, 0.2) is 24.3 Å². The number of phosphoric ester groups is 1. The zero-order valence-electron chi connectivity index (χ0n) is 19.5. The minimum absolute atomic E-state index is 0.223. The van der Waals surface area contributed by atoms with Gasteiger partial charge in [0.25, 0.3) is 0 Å². The molecule has 0 aromatic carbocycles. The molecule has 0 spiro atoms. The third-order valence-corrected chi connectivity index (χ3v) is 5.63. The maximum absolute atomic E-state index is 11.8. The molecule has 0 rings (SSSR count). The largest absolute Gasteiger partial charge is 0.472 e. The number of hydrogen-bond donors (Lipinski definition) is 1. The van der Waals surface area contributed by atoms with Crippen molar-refractivity contribution in [2.45, 2.75) is 84.0 Å². The summed E-state index contributed by atoms with van der Waals surface area (Å²) < 4.78 is 22.5. The van der Waals surface area contributed by atoms with Crippen LogP contribution in [0.2, 0.25) is 0 Å². The molecule has 0 fully saturated rings. The predicted molar refractivity (Wildman–Crippen MR) is 124 cm³/mol. The number of quaternary nitrogens is 1. The van der Waals surface area contributed by atoms with E-state index in [0.717, 1.165) is 32.1 Å². The van der Waals surface area contributed by atoms with Crippen LogP contribution in [-0.4, -0.2) is 50.3 Å². The molecular formula is C23H47NO4P+. The first-order valence-electron chi connectivity index (χ1n) is 11.5. The van der Waals surface area contributed by atoms with Gasteiger partial charge in [-0.3, -0.25) is 9.05 Å². The minimum Gasteiger partial charge on any atom is -0.329 e. The number of allylic oxidation sites excluding steroid dienone is 4. The van der Waals surface area contributed by atoms with Gasteiger partial charge in [-0.2, -0.15) is 0 Å². The summed E-state index contributed by atoms with van der Waals surface area (Å²) in [5.74, 6) is 0. The molecule has 0 amide bonds. The number of hydrogen-bond acceptors (Lipinski definition) is 3. The first kappa shape index (κ1) is 28.5. The van der Waals surface area contributed by atoms with E-state index in [1.807, 2.05) is 21.1 Å². The summed E-state index contributed by atoms with van der Waals surface area (Å²) in [7, 11) is 2.14. The maximum atomic E-state index is 11.8. The Morgan fingerprint density at radius 3 is 1.86 bits per heavy atom. The van der Waals surface area contributed by atoms with Crippen molar-refractivity contribution < 1.29 is 23.0 Å². The van der Waals surface area contributed by atoms with Crippen LogP contribution < -0.4 is 0 Å². The first-order chi connectivity index (χ1) is 13.8. The second-order valence-corrected chi connectivity index (χ2v) is 10.2. The Morgan fingerprint density at radius 2 is 1.28 bits per heavy atom. The maximum Gasteiger partial charge on any atom is 0.472 e. The second kappa shape index (κ2) is 18.3. The van der Waals surface area contributed by atoms with E-state index in [1.165, 1.54) is 44.9 Å². The van der Waals surface area contributed by atoms with Crippen LogP contribution in [0.3, 0.4) is 0 Å². The number of rotatable bonds is 20. The van der Waals surface area contributed by atoms with Gasteiger partial charge >= 0.3 is 7.82 Å². The van der Waals surface area contributed by atoms with Crippen LogP contribution in [0.1, 0.15) is 84.0 Å². The topological polar surface area (TPSA) is 55.8 Å². The van der Waals surface area contributed by atoms with E-state index in [4.69, 9.17) is 9.05 Å². The highest BCUT2D eigenvalue weighted by Gasteiger charge is 2.21. The van der Waals surface area contributed by atoms with Gasteiger partial charge < -0.3 is 9.38 Å². The molecule has 0 saturated carbocycles. The summed E-state index contributed by atoms with van der Waals surface area (Å²) in [4.78, 5) is 9.63. The average molecular weight is 433 g/mol. The lowest BCUT2D eigenvalue weighted by molar-refractivity contribution is -0.870. The summed E-state index contributed by atoms with van der Waals surface area (Å²) in [5, 5.41) is 0. The Bertz CT molecular complexity index is 472. The third-order valence-electron chi connectivity index (χ3n) is 4.62. The summed E-state index contributed by atoms with van der Waals surface area (Å²) in [6.07, 6.45) is 23.2. The van der Waals surface area contributed by atoms with Crippen LogP contribution in [0, 0.1) is 0 Å². The summed E-state index contributed by atoms with van der Waals surface area (Å²) in [6, 6.07) is 0. The monoisotopic (exact) mass is 432 g/mol. The number of likely N-dealkylation sites (N-methyl/N-ethyl adjacent to an activating group) is 1. The Labute approximate surface area is 180 Å². The van der Waals surface area contributed by atoms with Gasteiger partial charge in [0.05, 0.1) is 27.7 Å². The van der Waals surface area contributed by atoms with E-state index in [0.29, 0.717) is 11.0 Å². The Kier molecular flexibility index (Phi) is 18.0. The van der Waals surface area contributed by atoms with Crippen molar-refractivity contribution >= 4 is 7.82 Å². The molecule has 0 aromatic heterocycles. The van der Waals surface area contributed by atoms with Gasteiger partial charge in [0, 0.05) is 0 Å². The molecule has 0 aliphatic heterocycles. The second-order valence-electron chi connectivity index (χ2n) is 8.73. The van der Waals surface area contributed by atoms with E-state index >= 15 is 0 Å². The molecule has 0 bridgehead atoms. The van der Waals surface area contributed by atoms with E-state index in [2.05, 4.69) is 31.2 Å². The van der Waals surface area contributed by atoms with E-state index < -0.39 is 7.82 Å². The first-order valence-corrected chi connectivity index (χ1v) is 13.0. The minimum atomic E-state index is -3.89. The SMILES string of the molecule is CCCCCC=CCC=CCCCCCCCCOP(=O)(O)OCC[N+](C)(C)C. The Balaban J connectivity index is 3.42. The lowest BCUT2D eigenvalue weighted by Gasteiger charge is -2.24. The van der Waals surface area contributed by atoms with Crippen LogP contribution in [0.5, 0.6) is 0 Å². The van der Waals surface area contributed by atoms with Gasteiger partial charge in [0.2, 0.25) is 0 Å². The molecule has 0 aliphatic rings. The number of unbranched alkanes of at least 4 members (excludes halogenated alkanes) is 9. The fraction of sp³-hybridized carbons (Fsp3) is 0.826. The van der Waals surface area contributed by atoms with Crippen molar-refractivity contribution in [1.29, 1.82) is 0 Å². The smallest absolute Gasteiger partial charge is 0.329 e. The molecule has 0 aromatic rings. The van der Waals surface area contributed by atoms with Crippen LogP contribution in [0.25, 0.3) is 0 Å². The van der Waals surface area contributed by atoms with Gasteiger partial charge in [-0.05, 0) is 38.5 Å². The zero-order chi connectivity index (χ0) is 21.8. The molecule has 0 heterocycles. The van der Waals surface area contributed by atoms with E-state index in [-0.39, 0.29) is 13.2 Å². The molecule has 5 nitrogen and oxygen atoms in total. The normalized spacial score (nSPS) is 14.8. The summed E-state index contributed by atoms with van der Waals surface area (Å²) >= 11 is 0. The third kappa shape index (κ3) is 23.7. The molecule has 29 heavy (non-hydrogen) atoms. The number of phosphoric acid groups is 1. The van der Waals surface area contributed by atoms with Crippen molar-refractivity contribution in [3.8, 4) is 0 Å². The van der Waals surface area contributed by atoms with Crippen LogP contribution in [0.4, 0.5) is 0 Å². The molecule has 1 N–H and O–H groups in total. The molecule has 1 atom stereocenters. The highest BCUT2D eigenvalue weighted by atomic mass is 31.2. The lowest BCUT2D eigenvalue weighted by atomic mass is 10.1. The van der Waals surface area contributed by atoms with Gasteiger partial charge in [-0.15, -0.1) is 0 Å². The van der Waals surface area contributed by atoms with Crippen LogP contribution in [-0.2, 0) is 13.6 Å². The molecular weight excluding hydrogens is 385 g/mol. The highest BCUT2D eigenvalue weighted by molar-refractivity contribution is 7.47. The summed E-state index contributed by atoms with van der Waals surface area (Å²) in [5.41, 5.74) is 0. The van der Waals surface area contributed by atoms with Crippen molar-refractivity contribution in [2.75, 3.05) is 40.9 Å². The predicted octanol–water partition coefficient (Wildman–Crippen LogP) is 6.64. The van der Waals surface area contributed by atoms with Crippen LogP contribution >= 0.6 is 7.82 Å². The lowest BCUT2D eigenvalue weighted by Crippen LogP contribution is -2.37. The molecule has 6 heteroatoms. The Morgan fingerprint density at radius 1 is 0.759 bits per heavy atom. The van der Waals surface area contributed by atoms with Crippen molar-refractivity contribution in [1.82, 2.24) is 0 Å². The summed E-state index contributed by atoms with van der Waals surface area (Å²) in [6.45, 7) is 3.41. The van der Waals surface area contributed by atoms with Crippen molar-refractivity contribution in [2.24, 2.45) is 0 Å². The average Bonchev–Trinajstić information content (AvgIpc) is 2.63. The number of nitrogens with zero attached hydrogens (tertiary/aromatic N) is 1. The molecule has 0 radical (unpaired) electrons. The fourth-order valence-electron chi connectivity index (χ4n) is 2.74. The fourth-order valence-corrected chi connectivity index (χ4v) is 3.48. The van der Waals surface area contributed by atoms with Gasteiger partial charge in [0.1, 0.15) is 13.2 Å². The zero-order valence-corrected chi connectivity index (χ0v) is 20.4. The standard InChI is InChI=1S/C23H46NO4P/c1-5-6-7-8-9-10-11-12-13-14-15-16-17-18-19-20-22-27-29(25,26)28-23-21-24(2,3)4/h9-10,12-13H,5-8,11,14-23H2,1-4H3/p+1. The highest BCUT2D eigenvalue weighted by Crippen LogP contribution is 2.43. The molecule has 0 aliphatic carbocycles. The van der Waals surface area contributed by atoms with Crippen molar-refractivity contribution in [3.63, 3.8) is 0 Å². The van der Waals surface area contributed by atoms with Crippen molar-refractivity contribution in [3.05, 3.63) is 24.3 Å².